The number of likely N-dealkylation sites (N-methyl/N-ethyl adjacent to an activating group) is 1. The van der Waals surface area contributed by atoms with E-state index in [1.807, 2.05) is 31.2 Å². The second-order valence-electron chi connectivity index (χ2n) is 6.43. The summed E-state index contributed by atoms with van der Waals surface area (Å²) < 4.78 is 0. The van der Waals surface area contributed by atoms with Gasteiger partial charge in [0, 0.05) is 43.6 Å². The molecule has 1 aromatic carbocycles. The van der Waals surface area contributed by atoms with Crippen molar-refractivity contribution in [1.29, 1.82) is 0 Å². The predicted octanol–water partition coefficient (Wildman–Crippen LogP) is 2.42. The summed E-state index contributed by atoms with van der Waals surface area (Å²) in [7, 11) is 0. The molecule has 0 radical (unpaired) electrons. The molecule has 6 nitrogen and oxygen atoms in total. The smallest absolute Gasteiger partial charge is 0.272 e. The van der Waals surface area contributed by atoms with Crippen LogP contribution in [0.1, 0.15) is 33.3 Å². The van der Waals surface area contributed by atoms with E-state index in [-0.39, 0.29) is 11.8 Å². The number of rotatable bonds is 4. The number of hydrogen-bond acceptors (Lipinski definition) is 4. The van der Waals surface area contributed by atoms with Crippen LogP contribution >= 0.6 is 0 Å². The van der Waals surface area contributed by atoms with Crippen molar-refractivity contribution in [2.45, 2.75) is 13.8 Å². The number of pyridine rings is 1. The van der Waals surface area contributed by atoms with Gasteiger partial charge in [-0.2, -0.15) is 0 Å². The fourth-order valence-electron chi connectivity index (χ4n) is 3.03. The van der Waals surface area contributed by atoms with Gasteiger partial charge in [0.2, 0.25) is 0 Å². The van der Waals surface area contributed by atoms with Crippen molar-refractivity contribution in [3.8, 4) is 0 Å². The largest absolute Gasteiger partial charge is 0.335 e. The maximum Gasteiger partial charge on any atom is 0.272 e. The van der Waals surface area contributed by atoms with Gasteiger partial charge in [0.25, 0.3) is 11.8 Å². The molecular formula is C20H24N4O2. The van der Waals surface area contributed by atoms with Gasteiger partial charge in [0.05, 0.1) is 0 Å². The summed E-state index contributed by atoms with van der Waals surface area (Å²) in [6.45, 7) is 8.17. The molecule has 0 atom stereocenters. The van der Waals surface area contributed by atoms with Crippen LogP contribution in [0.3, 0.4) is 0 Å². The van der Waals surface area contributed by atoms with Crippen molar-refractivity contribution in [3.05, 3.63) is 59.4 Å². The highest BCUT2D eigenvalue weighted by atomic mass is 16.2. The molecule has 26 heavy (non-hydrogen) atoms. The van der Waals surface area contributed by atoms with Gasteiger partial charge in [0.15, 0.2) is 0 Å². The first-order valence-corrected chi connectivity index (χ1v) is 8.93. The molecule has 2 heterocycles. The van der Waals surface area contributed by atoms with Gasteiger partial charge in [0.1, 0.15) is 5.69 Å². The van der Waals surface area contributed by atoms with Crippen LogP contribution < -0.4 is 5.32 Å². The molecule has 1 aromatic heterocycles. The van der Waals surface area contributed by atoms with E-state index in [2.05, 4.69) is 22.1 Å². The number of anilines is 1. The molecular weight excluding hydrogens is 328 g/mol. The second-order valence-corrected chi connectivity index (χ2v) is 6.43. The zero-order valence-electron chi connectivity index (χ0n) is 15.2. The van der Waals surface area contributed by atoms with E-state index in [9.17, 15) is 9.59 Å². The van der Waals surface area contributed by atoms with Gasteiger partial charge in [-0.15, -0.1) is 0 Å². The third-order valence-electron chi connectivity index (χ3n) is 4.74. The molecule has 0 saturated carbocycles. The Labute approximate surface area is 153 Å². The summed E-state index contributed by atoms with van der Waals surface area (Å²) in [6, 6.07) is 10.8. The number of carbonyl (C=O) groups is 2. The summed E-state index contributed by atoms with van der Waals surface area (Å²) in [5.41, 5.74) is 2.49. The Balaban J connectivity index is 1.71. The monoisotopic (exact) mass is 352 g/mol. The third kappa shape index (κ3) is 4.08. The number of benzene rings is 1. The molecule has 1 aliphatic rings. The number of nitrogens with one attached hydrogen (secondary N) is 1. The van der Waals surface area contributed by atoms with E-state index >= 15 is 0 Å². The van der Waals surface area contributed by atoms with Crippen molar-refractivity contribution in [2.24, 2.45) is 0 Å². The number of carbonyl (C=O) groups excluding carboxylic acids is 2. The number of aryl methyl sites for hydroxylation is 1. The molecule has 3 rings (SSSR count). The number of piperazine rings is 1. The summed E-state index contributed by atoms with van der Waals surface area (Å²) in [5.74, 6) is -0.363. The van der Waals surface area contributed by atoms with Crippen molar-refractivity contribution in [1.82, 2.24) is 14.8 Å². The summed E-state index contributed by atoms with van der Waals surface area (Å²) in [5, 5.41) is 2.89. The molecule has 0 aliphatic carbocycles. The van der Waals surface area contributed by atoms with Gasteiger partial charge >= 0.3 is 0 Å². The van der Waals surface area contributed by atoms with Crippen LogP contribution in [0.15, 0.2) is 42.6 Å². The Morgan fingerprint density at radius 2 is 1.85 bits per heavy atom. The lowest BCUT2D eigenvalue weighted by Crippen LogP contribution is -2.48. The molecule has 136 valence electrons. The molecule has 2 amide bonds. The van der Waals surface area contributed by atoms with Crippen LogP contribution in [0.4, 0.5) is 5.69 Å². The molecule has 0 bridgehead atoms. The SMILES string of the molecule is CCN1CCN(C(=O)c2cc(C(=O)Nc3ccccc3C)ccn2)CC1. The Hall–Kier alpha value is -2.73. The highest BCUT2D eigenvalue weighted by Crippen LogP contribution is 2.15. The quantitative estimate of drug-likeness (QED) is 0.918. The maximum absolute atomic E-state index is 12.7. The van der Waals surface area contributed by atoms with Crippen molar-refractivity contribution in [2.75, 3.05) is 38.0 Å². The first kappa shape index (κ1) is 18.1. The number of nitrogens with zero attached hydrogens (tertiary/aromatic N) is 3. The van der Waals surface area contributed by atoms with Gasteiger partial charge in [-0.25, -0.2) is 0 Å². The van der Waals surface area contributed by atoms with Crippen molar-refractivity contribution < 1.29 is 9.59 Å². The first-order chi connectivity index (χ1) is 12.6. The van der Waals surface area contributed by atoms with Gasteiger partial charge in [-0.3, -0.25) is 14.6 Å². The molecule has 0 spiro atoms. The minimum Gasteiger partial charge on any atom is -0.335 e. The first-order valence-electron chi connectivity index (χ1n) is 8.93. The average Bonchev–Trinajstić information content (AvgIpc) is 2.69. The van der Waals surface area contributed by atoms with Crippen LogP contribution in [-0.4, -0.2) is 59.3 Å². The minimum atomic E-state index is -0.244. The fourth-order valence-corrected chi connectivity index (χ4v) is 3.03. The number of aromatic nitrogens is 1. The van der Waals surface area contributed by atoms with Crippen LogP contribution in [0.25, 0.3) is 0 Å². The minimum absolute atomic E-state index is 0.119. The van der Waals surface area contributed by atoms with Gasteiger partial charge in [-0.1, -0.05) is 25.1 Å². The summed E-state index contributed by atoms with van der Waals surface area (Å²) >= 11 is 0. The topological polar surface area (TPSA) is 65.5 Å². The van der Waals surface area contributed by atoms with Crippen LogP contribution in [-0.2, 0) is 0 Å². The Bertz CT molecular complexity index is 798. The summed E-state index contributed by atoms with van der Waals surface area (Å²) in [4.78, 5) is 33.5. The van der Waals surface area contributed by atoms with Crippen LogP contribution in [0, 0.1) is 6.92 Å². The van der Waals surface area contributed by atoms with Crippen molar-refractivity contribution in [3.63, 3.8) is 0 Å². The zero-order chi connectivity index (χ0) is 18.5. The average molecular weight is 352 g/mol. The molecule has 1 fully saturated rings. The number of hydrogen-bond donors (Lipinski definition) is 1. The lowest BCUT2D eigenvalue weighted by atomic mass is 10.1. The van der Waals surface area contributed by atoms with E-state index in [4.69, 9.17) is 0 Å². The molecule has 2 aromatic rings. The highest BCUT2D eigenvalue weighted by Gasteiger charge is 2.23. The molecule has 1 N–H and O–H groups in total. The normalized spacial score (nSPS) is 14.9. The van der Waals surface area contributed by atoms with E-state index < -0.39 is 0 Å². The molecule has 1 aliphatic heterocycles. The Kier molecular flexibility index (Phi) is 5.63. The standard InChI is InChI=1S/C20H24N4O2/c1-3-23-10-12-24(13-11-23)20(26)18-14-16(8-9-21-18)19(25)22-17-7-5-4-6-15(17)2/h4-9,14H,3,10-13H2,1-2H3,(H,22,25). The summed E-state index contributed by atoms with van der Waals surface area (Å²) in [6.07, 6.45) is 1.52. The van der Waals surface area contributed by atoms with Gasteiger partial charge in [-0.05, 0) is 37.2 Å². The molecule has 6 heteroatoms. The van der Waals surface area contributed by atoms with E-state index in [1.54, 1.807) is 17.0 Å². The lowest BCUT2D eigenvalue weighted by Gasteiger charge is -2.33. The van der Waals surface area contributed by atoms with Crippen LogP contribution in [0.5, 0.6) is 0 Å². The van der Waals surface area contributed by atoms with Crippen LogP contribution in [0.2, 0.25) is 0 Å². The third-order valence-corrected chi connectivity index (χ3v) is 4.74. The van der Waals surface area contributed by atoms with E-state index in [0.29, 0.717) is 24.3 Å². The highest BCUT2D eigenvalue weighted by molar-refractivity contribution is 6.06. The zero-order valence-corrected chi connectivity index (χ0v) is 15.2. The van der Waals surface area contributed by atoms with Gasteiger partial charge < -0.3 is 15.1 Å². The maximum atomic E-state index is 12.7. The van der Waals surface area contributed by atoms with E-state index in [0.717, 1.165) is 30.9 Å². The predicted molar refractivity (Wildman–Crippen MR) is 101 cm³/mol. The molecule has 0 unspecified atom stereocenters. The van der Waals surface area contributed by atoms with Crippen molar-refractivity contribution >= 4 is 17.5 Å². The Morgan fingerprint density at radius 3 is 2.54 bits per heavy atom. The Morgan fingerprint density at radius 1 is 1.12 bits per heavy atom. The molecule has 1 saturated heterocycles. The number of para-hydroxylation sites is 1. The second kappa shape index (κ2) is 8.10. The van der Waals surface area contributed by atoms with E-state index in [1.165, 1.54) is 6.20 Å². The lowest BCUT2D eigenvalue weighted by molar-refractivity contribution is 0.0637. The number of amides is 2. The fraction of sp³-hybridized carbons (Fsp3) is 0.350.